The number of amides is 2. The van der Waals surface area contributed by atoms with Crippen LogP contribution in [0.4, 0.5) is 5.69 Å². The van der Waals surface area contributed by atoms with Gasteiger partial charge in [-0.1, -0.05) is 15.9 Å². The first-order valence-corrected chi connectivity index (χ1v) is 10.9. The lowest BCUT2D eigenvalue weighted by Gasteiger charge is -2.33. The second-order valence-electron chi connectivity index (χ2n) is 6.41. The number of ether oxygens (including phenoxy) is 1. The summed E-state index contributed by atoms with van der Waals surface area (Å²) in [5.74, 6) is -0.0847. The third-order valence-corrected chi connectivity index (χ3v) is 6.15. The first-order valence-electron chi connectivity index (χ1n) is 8.21. The van der Waals surface area contributed by atoms with Crippen molar-refractivity contribution in [2.45, 2.75) is 18.9 Å². The molecule has 0 aliphatic carbocycles. The van der Waals surface area contributed by atoms with Gasteiger partial charge in [-0.25, -0.2) is 12.7 Å². The minimum Gasteiger partial charge on any atom is -0.482 e. The molecule has 1 fully saturated rings. The minimum atomic E-state index is -3.28. The smallest absolute Gasteiger partial charge is 0.265 e. The van der Waals surface area contributed by atoms with Gasteiger partial charge in [0.2, 0.25) is 15.9 Å². The van der Waals surface area contributed by atoms with Crippen LogP contribution in [-0.2, 0) is 19.6 Å². The topological polar surface area (TPSA) is 96.0 Å². The van der Waals surface area contributed by atoms with E-state index in [1.807, 2.05) is 0 Å². The van der Waals surface area contributed by atoms with Gasteiger partial charge in [0.25, 0.3) is 5.91 Å². The second-order valence-corrected chi connectivity index (χ2v) is 9.31. The van der Waals surface area contributed by atoms with Gasteiger partial charge in [-0.15, -0.1) is 0 Å². The summed E-state index contributed by atoms with van der Waals surface area (Å²) in [4.78, 5) is 26.0. The van der Waals surface area contributed by atoms with Gasteiger partial charge < -0.3 is 10.1 Å². The summed E-state index contributed by atoms with van der Waals surface area (Å²) in [6, 6.07) is 4.98. The number of hydrogen-bond acceptors (Lipinski definition) is 5. The highest BCUT2D eigenvalue weighted by Crippen LogP contribution is 2.34. The number of carbonyl (C=O) groups excluding carboxylic acids is 2. The molecule has 26 heavy (non-hydrogen) atoms. The number of nitrogens with one attached hydrogen (secondary N) is 1. The summed E-state index contributed by atoms with van der Waals surface area (Å²) >= 11 is 3.35. The Morgan fingerprint density at radius 1 is 1.42 bits per heavy atom. The maximum absolute atomic E-state index is 12.4. The molecule has 10 heteroatoms. The second kappa shape index (κ2) is 7.53. The molecular weight excluding hydrogens is 426 g/mol. The maximum Gasteiger partial charge on any atom is 0.265 e. The van der Waals surface area contributed by atoms with E-state index in [0.717, 1.165) is 4.47 Å². The van der Waals surface area contributed by atoms with Gasteiger partial charge in [-0.2, -0.15) is 0 Å². The van der Waals surface area contributed by atoms with Gasteiger partial charge in [-0.05, 0) is 31.0 Å². The van der Waals surface area contributed by atoms with Crippen molar-refractivity contribution >= 4 is 43.5 Å². The Morgan fingerprint density at radius 2 is 2.19 bits per heavy atom. The fourth-order valence-electron chi connectivity index (χ4n) is 3.13. The lowest BCUT2D eigenvalue weighted by Crippen LogP contribution is -2.52. The van der Waals surface area contributed by atoms with E-state index in [4.69, 9.17) is 4.74 Å². The zero-order chi connectivity index (χ0) is 18.9. The van der Waals surface area contributed by atoms with Gasteiger partial charge in [0.1, 0.15) is 12.3 Å². The van der Waals surface area contributed by atoms with Gasteiger partial charge in [-0.3, -0.25) is 14.5 Å². The lowest BCUT2D eigenvalue weighted by molar-refractivity contribution is -0.125. The van der Waals surface area contributed by atoms with Crippen LogP contribution in [0.25, 0.3) is 0 Å². The Morgan fingerprint density at radius 3 is 2.92 bits per heavy atom. The van der Waals surface area contributed by atoms with Crippen LogP contribution in [0.2, 0.25) is 0 Å². The van der Waals surface area contributed by atoms with Crippen molar-refractivity contribution < 1.29 is 22.7 Å². The summed E-state index contributed by atoms with van der Waals surface area (Å²) in [5, 5.41) is 2.84. The number of piperidine rings is 1. The summed E-state index contributed by atoms with van der Waals surface area (Å²) in [6.45, 7) is 0.467. The molecule has 3 rings (SSSR count). The van der Waals surface area contributed by atoms with Crippen LogP contribution in [0.5, 0.6) is 5.75 Å². The number of rotatable bonds is 4. The molecule has 2 aliphatic rings. The van der Waals surface area contributed by atoms with Crippen LogP contribution in [0.1, 0.15) is 12.8 Å². The van der Waals surface area contributed by atoms with Crippen LogP contribution in [-0.4, -0.2) is 63.1 Å². The molecule has 1 N–H and O–H groups in total. The van der Waals surface area contributed by atoms with Crippen molar-refractivity contribution in [3.05, 3.63) is 22.7 Å². The number of sulfonamides is 1. The maximum atomic E-state index is 12.4. The van der Waals surface area contributed by atoms with E-state index >= 15 is 0 Å². The van der Waals surface area contributed by atoms with E-state index in [-0.39, 0.29) is 37.6 Å². The molecule has 1 saturated heterocycles. The number of benzene rings is 1. The molecule has 2 amide bonds. The van der Waals surface area contributed by atoms with Gasteiger partial charge in [0.05, 0.1) is 11.9 Å². The summed E-state index contributed by atoms with van der Waals surface area (Å²) < 4.78 is 31.0. The number of hydrogen-bond donors (Lipinski definition) is 1. The monoisotopic (exact) mass is 445 g/mol. The van der Waals surface area contributed by atoms with Crippen molar-refractivity contribution in [3.8, 4) is 5.75 Å². The van der Waals surface area contributed by atoms with Crippen LogP contribution in [0, 0.1) is 0 Å². The molecule has 1 aromatic carbocycles. The Labute approximate surface area is 160 Å². The highest BCUT2D eigenvalue weighted by molar-refractivity contribution is 9.10. The molecule has 1 atom stereocenters. The number of nitrogens with zero attached hydrogens (tertiary/aromatic N) is 2. The number of anilines is 1. The third-order valence-electron chi connectivity index (χ3n) is 4.38. The highest BCUT2D eigenvalue weighted by Gasteiger charge is 2.30. The molecule has 1 unspecified atom stereocenters. The zero-order valence-corrected chi connectivity index (χ0v) is 16.7. The molecule has 2 heterocycles. The lowest BCUT2D eigenvalue weighted by atomic mass is 10.1. The Kier molecular flexibility index (Phi) is 5.54. The summed E-state index contributed by atoms with van der Waals surface area (Å²) in [6.07, 6.45) is 2.56. The Hall–Kier alpha value is -1.65. The van der Waals surface area contributed by atoms with E-state index in [0.29, 0.717) is 30.8 Å². The van der Waals surface area contributed by atoms with Crippen LogP contribution in [0.3, 0.4) is 0 Å². The van der Waals surface area contributed by atoms with E-state index in [9.17, 15) is 18.0 Å². The molecule has 8 nitrogen and oxygen atoms in total. The van der Waals surface area contributed by atoms with Crippen molar-refractivity contribution in [1.82, 2.24) is 9.62 Å². The normalized spacial score (nSPS) is 21.1. The third kappa shape index (κ3) is 4.36. The first kappa shape index (κ1) is 19.1. The Bertz CT molecular complexity index is 829. The summed E-state index contributed by atoms with van der Waals surface area (Å²) in [5.41, 5.74) is 0.543. The first-order chi connectivity index (χ1) is 12.2. The van der Waals surface area contributed by atoms with E-state index in [1.165, 1.54) is 15.5 Å². The highest BCUT2D eigenvalue weighted by atomic mass is 79.9. The molecule has 0 radical (unpaired) electrons. The minimum absolute atomic E-state index is 0.123. The van der Waals surface area contributed by atoms with Crippen molar-refractivity contribution in [2.75, 3.05) is 37.4 Å². The quantitative estimate of drug-likeness (QED) is 0.736. The molecule has 0 bridgehead atoms. The van der Waals surface area contributed by atoms with Gasteiger partial charge >= 0.3 is 0 Å². The van der Waals surface area contributed by atoms with Crippen LogP contribution in [0.15, 0.2) is 22.7 Å². The van der Waals surface area contributed by atoms with E-state index in [1.54, 1.807) is 18.2 Å². The largest absolute Gasteiger partial charge is 0.482 e. The zero-order valence-electron chi connectivity index (χ0n) is 14.3. The number of fused-ring (bicyclic) bond motifs is 1. The Balaban J connectivity index is 1.66. The average molecular weight is 446 g/mol. The summed E-state index contributed by atoms with van der Waals surface area (Å²) in [7, 11) is -3.28. The predicted octanol–water partition coefficient (Wildman–Crippen LogP) is 0.715. The molecule has 142 valence electrons. The fraction of sp³-hybridized carbons (Fsp3) is 0.500. The number of carbonyl (C=O) groups is 2. The van der Waals surface area contributed by atoms with Crippen molar-refractivity contribution in [3.63, 3.8) is 0 Å². The number of halogens is 1. The van der Waals surface area contributed by atoms with Gasteiger partial charge in [0.15, 0.2) is 6.61 Å². The predicted molar refractivity (Wildman–Crippen MR) is 99.6 cm³/mol. The SMILES string of the molecule is CS(=O)(=O)N1CCCC(NC(=O)CN2C(=O)COc3cc(Br)ccc32)C1. The molecule has 0 spiro atoms. The molecule has 2 aliphatic heterocycles. The van der Waals surface area contributed by atoms with Crippen LogP contribution < -0.4 is 15.0 Å². The molecular formula is C16H20BrN3O5S. The molecule has 1 aromatic rings. The van der Waals surface area contributed by atoms with Gasteiger partial charge in [0, 0.05) is 23.6 Å². The van der Waals surface area contributed by atoms with E-state index in [2.05, 4.69) is 21.2 Å². The van der Waals surface area contributed by atoms with Crippen molar-refractivity contribution in [1.29, 1.82) is 0 Å². The molecule has 0 aromatic heterocycles. The fourth-order valence-corrected chi connectivity index (χ4v) is 4.38. The van der Waals surface area contributed by atoms with E-state index < -0.39 is 10.0 Å². The van der Waals surface area contributed by atoms with Crippen LogP contribution >= 0.6 is 15.9 Å². The van der Waals surface area contributed by atoms with Crippen molar-refractivity contribution in [2.24, 2.45) is 0 Å². The molecule has 0 saturated carbocycles. The standard InChI is InChI=1S/C16H20BrN3O5S/c1-26(23,24)19-6-2-3-12(8-19)18-15(21)9-20-13-5-4-11(17)7-14(13)25-10-16(20)22/h4-5,7,12H,2-3,6,8-10H2,1H3,(H,18,21). The average Bonchev–Trinajstić information content (AvgIpc) is 2.57.